The number of rotatable bonds is 8. The van der Waals surface area contributed by atoms with Gasteiger partial charge in [0.1, 0.15) is 0 Å². The Hall–Kier alpha value is -1.13. The highest BCUT2D eigenvalue weighted by atomic mass is 16.3. The number of carbonyl (C=O) groups is 1. The van der Waals surface area contributed by atoms with E-state index in [4.69, 9.17) is 5.11 Å². The molecule has 0 atom stereocenters. The second-order valence-corrected chi connectivity index (χ2v) is 4.95. The summed E-state index contributed by atoms with van der Waals surface area (Å²) >= 11 is 0. The second-order valence-electron chi connectivity index (χ2n) is 4.95. The van der Waals surface area contributed by atoms with Crippen LogP contribution in [-0.2, 0) is 6.54 Å². The summed E-state index contributed by atoms with van der Waals surface area (Å²) in [7, 11) is 0. The Kier molecular flexibility index (Phi) is 6.25. The minimum atomic E-state index is 0.0932. The average Bonchev–Trinajstić information content (AvgIpc) is 2.66. The largest absolute Gasteiger partial charge is 0.395 e. The Morgan fingerprint density at radius 1 is 1.37 bits per heavy atom. The number of nitrogens with zero attached hydrogens (tertiary/aromatic N) is 2. The topological polar surface area (TPSA) is 45.5 Å². The van der Waals surface area contributed by atoms with Gasteiger partial charge in [0.2, 0.25) is 0 Å². The van der Waals surface area contributed by atoms with Crippen LogP contribution in [0.5, 0.6) is 0 Å². The Labute approximate surface area is 116 Å². The molecule has 1 aromatic rings. The molecule has 0 radical (unpaired) electrons. The third-order valence-corrected chi connectivity index (χ3v) is 3.55. The van der Waals surface area contributed by atoms with E-state index in [0.717, 1.165) is 36.5 Å². The molecule has 0 aliphatic carbocycles. The van der Waals surface area contributed by atoms with Crippen molar-refractivity contribution in [2.45, 2.75) is 40.7 Å². The SMILES string of the molecule is CCCn1c(C)cc(C(=O)CN(CC)CCO)c1C. The molecule has 1 N–H and O–H groups in total. The van der Waals surface area contributed by atoms with E-state index in [9.17, 15) is 4.79 Å². The third-order valence-electron chi connectivity index (χ3n) is 3.55. The molecule has 19 heavy (non-hydrogen) atoms. The van der Waals surface area contributed by atoms with E-state index in [0.29, 0.717) is 13.1 Å². The fourth-order valence-electron chi connectivity index (χ4n) is 2.43. The number of hydrogen-bond donors (Lipinski definition) is 1. The summed E-state index contributed by atoms with van der Waals surface area (Å²) in [6.45, 7) is 11.0. The minimum absolute atomic E-state index is 0.0932. The monoisotopic (exact) mass is 266 g/mol. The fourth-order valence-corrected chi connectivity index (χ4v) is 2.43. The van der Waals surface area contributed by atoms with Gasteiger partial charge in [0.25, 0.3) is 0 Å². The van der Waals surface area contributed by atoms with Gasteiger partial charge in [-0.25, -0.2) is 0 Å². The van der Waals surface area contributed by atoms with Gasteiger partial charge in [0, 0.05) is 30.0 Å². The maximum absolute atomic E-state index is 12.3. The predicted molar refractivity (Wildman–Crippen MR) is 77.7 cm³/mol. The van der Waals surface area contributed by atoms with Crippen molar-refractivity contribution in [1.82, 2.24) is 9.47 Å². The molecule has 0 aliphatic rings. The zero-order valence-corrected chi connectivity index (χ0v) is 12.6. The van der Waals surface area contributed by atoms with Gasteiger partial charge < -0.3 is 9.67 Å². The van der Waals surface area contributed by atoms with Gasteiger partial charge in [-0.3, -0.25) is 9.69 Å². The van der Waals surface area contributed by atoms with E-state index in [1.807, 2.05) is 31.7 Å². The standard InChI is InChI=1S/C15H26N2O2/c1-5-7-17-12(3)10-14(13(17)4)15(19)11-16(6-2)8-9-18/h10,18H,5-9,11H2,1-4H3. The highest BCUT2D eigenvalue weighted by molar-refractivity contribution is 5.99. The molecule has 0 aliphatic heterocycles. The molecule has 4 heteroatoms. The zero-order valence-electron chi connectivity index (χ0n) is 12.6. The van der Waals surface area contributed by atoms with Crippen molar-refractivity contribution in [2.24, 2.45) is 0 Å². The number of aliphatic hydroxyl groups is 1. The molecule has 108 valence electrons. The van der Waals surface area contributed by atoms with Gasteiger partial charge in [-0.1, -0.05) is 13.8 Å². The van der Waals surface area contributed by atoms with Crippen molar-refractivity contribution in [1.29, 1.82) is 0 Å². The number of Topliss-reactive ketones (excluding diaryl/α,β-unsaturated/α-hetero) is 1. The minimum Gasteiger partial charge on any atom is -0.395 e. The lowest BCUT2D eigenvalue weighted by molar-refractivity contribution is 0.0919. The van der Waals surface area contributed by atoms with Crippen LogP contribution >= 0.6 is 0 Å². The summed E-state index contributed by atoms with van der Waals surface area (Å²) in [6.07, 6.45) is 1.07. The van der Waals surface area contributed by atoms with Crippen molar-refractivity contribution >= 4 is 5.78 Å². The van der Waals surface area contributed by atoms with E-state index in [1.54, 1.807) is 0 Å². The Balaban J connectivity index is 2.85. The Bertz CT molecular complexity index is 424. The predicted octanol–water partition coefficient (Wildman–Crippen LogP) is 2.01. The number of carbonyl (C=O) groups excluding carboxylic acids is 1. The smallest absolute Gasteiger partial charge is 0.178 e. The van der Waals surface area contributed by atoms with E-state index >= 15 is 0 Å². The Morgan fingerprint density at radius 2 is 2.05 bits per heavy atom. The first-order valence-corrected chi connectivity index (χ1v) is 7.08. The summed E-state index contributed by atoms with van der Waals surface area (Å²) in [5, 5.41) is 8.97. The van der Waals surface area contributed by atoms with E-state index < -0.39 is 0 Å². The molecule has 0 bridgehead atoms. The summed E-state index contributed by atoms with van der Waals surface area (Å²) < 4.78 is 2.20. The number of aliphatic hydroxyl groups excluding tert-OH is 1. The van der Waals surface area contributed by atoms with Crippen LogP contribution in [0.1, 0.15) is 42.0 Å². The molecular formula is C15H26N2O2. The first-order valence-electron chi connectivity index (χ1n) is 7.08. The maximum atomic E-state index is 12.3. The summed E-state index contributed by atoms with van der Waals surface area (Å²) in [6, 6.07) is 1.99. The van der Waals surface area contributed by atoms with Gasteiger partial charge in [0.15, 0.2) is 5.78 Å². The van der Waals surface area contributed by atoms with Gasteiger partial charge in [0.05, 0.1) is 13.2 Å². The first kappa shape index (κ1) is 15.9. The van der Waals surface area contributed by atoms with Crippen LogP contribution < -0.4 is 0 Å². The molecule has 0 unspecified atom stereocenters. The third kappa shape index (κ3) is 3.91. The molecular weight excluding hydrogens is 240 g/mol. The molecule has 1 rings (SSSR count). The summed E-state index contributed by atoms with van der Waals surface area (Å²) in [4.78, 5) is 14.3. The lowest BCUT2D eigenvalue weighted by Crippen LogP contribution is -2.32. The van der Waals surface area contributed by atoms with E-state index in [1.165, 1.54) is 0 Å². The van der Waals surface area contributed by atoms with Crippen LogP contribution in [0.15, 0.2) is 6.07 Å². The van der Waals surface area contributed by atoms with Crippen LogP contribution in [-0.4, -0.2) is 46.6 Å². The van der Waals surface area contributed by atoms with Gasteiger partial charge in [-0.05, 0) is 32.9 Å². The molecule has 4 nitrogen and oxygen atoms in total. The van der Waals surface area contributed by atoms with E-state index in [-0.39, 0.29) is 12.4 Å². The normalized spacial score (nSPS) is 11.3. The van der Waals surface area contributed by atoms with Crippen molar-refractivity contribution in [3.63, 3.8) is 0 Å². The van der Waals surface area contributed by atoms with E-state index in [2.05, 4.69) is 11.5 Å². The Morgan fingerprint density at radius 3 is 2.58 bits per heavy atom. The van der Waals surface area contributed by atoms with Crippen LogP contribution in [0.3, 0.4) is 0 Å². The molecule has 1 heterocycles. The fraction of sp³-hybridized carbons (Fsp3) is 0.667. The van der Waals surface area contributed by atoms with Gasteiger partial charge in [-0.2, -0.15) is 0 Å². The molecule has 0 aromatic carbocycles. The molecule has 0 saturated carbocycles. The van der Waals surface area contributed by atoms with Crippen LogP contribution in [0.25, 0.3) is 0 Å². The lowest BCUT2D eigenvalue weighted by atomic mass is 10.1. The average molecular weight is 266 g/mol. The number of likely N-dealkylation sites (N-methyl/N-ethyl adjacent to an activating group) is 1. The number of ketones is 1. The number of aryl methyl sites for hydroxylation is 1. The number of aromatic nitrogens is 1. The van der Waals surface area contributed by atoms with Crippen LogP contribution in [0.4, 0.5) is 0 Å². The molecule has 1 aromatic heterocycles. The van der Waals surface area contributed by atoms with Crippen LogP contribution in [0, 0.1) is 13.8 Å². The zero-order chi connectivity index (χ0) is 14.4. The maximum Gasteiger partial charge on any atom is 0.178 e. The molecule has 0 fully saturated rings. The second kappa shape index (κ2) is 7.46. The number of hydrogen-bond acceptors (Lipinski definition) is 3. The summed E-state index contributed by atoms with van der Waals surface area (Å²) in [5.74, 6) is 0.144. The van der Waals surface area contributed by atoms with Crippen LogP contribution in [0.2, 0.25) is 0 Å². The highest BCUT2D eigenvalue weighted by Crippen LogP contribution is 2.16. The quantitative estimate of drug-likeness (QED) is 0.732. The molecule has 0 amide bonds. The molecule has 0 spiro atoms. The van der Waals surface area contributed by atoms with Crippen molar-refractivity contribution in [2.75, 3.05) is 26.2 Å². The van der Waals surface area contributed by atoms with Crippen molar-refractivity contribution in [3.8, 4) is 0 Å². The highest BCUT2D eigenvalue weighted by Gasteiger charge is 2.17. The van der Waals surface area contributed by atoms with Gasteiger partial charge in [-0.15, -0.1) is 0 Å². The van der Waals surface area contributed by atoms with Crippen molar-refractivity contribution in [3.05, 3.63) is 23.0 Å². The van der Waals surface area contributed by atoms with Crippen molar-refractivity contribution < 1.29 is 9.90 Å². The van der Waals surface area contributed by atoms with Gasteiger partial charge >= 0.3 is 0 Å². The molecule has 0 saturated heterocycles. The first-order chi connectivity index (χ1) is 9.04. The lowest BCUT2D eigenvalue weighted by Gasteiger charge is -2.18. The summed E-state index contributed by atoms with van der Waals surface area (Å²) in [5.41, 5.74) is 3.03.